The number of rotatable bonds is 4. The Bertz CT molecular complexity index is 631. The number of methoxy groups -OCH3 is 1. The number of benzene rings is 1. The fourth-order valence-corrected chi connectivity index (χ4v) is 2.48. The molecule has 2 rings (SSSR count). The number of hydrogen-bond donors (Lipinski definition) is 1. The molecular weight excluding hydrogens is 254 g/mol. The molecular formula is C15H21N3O2. The lowest BCUT2D eigenvalue weighted by Crippen LogP contribution is -2.22. The Morgan fingerprint density at radius 2 is 2.15 bits per heavy atom. The largest absolute Gasteiger partial charge is 0.467 e. The van der Waals surface area contributed by atoms with Gasteiger partial charge in [0.25, 0.3) is 0 Å². The van der Waals surface area contributed by atoms with Gasteiger partial charge in [-0.2, -0.15) is 0 Å². The summed E-state index contributed by atoms with van der Waals surface area (Å²) in [6.45, 7) is 6.07. The number of hydrogen-bond acceptors (Lipinski definition) is 4. The van der Waals surface area contributed by atoms with E-state index in [4.69, 9.17) is 10.5 Å². The molecule has 0 fully saturated rings. The zero-order valence-electron chi connectivity index (χ0n) is 12.4. The highest BCUT2D eigenvalue weighted by Crippen LogP contribution is 2.30. The van der Waals surface area contributed by atoms with Gasteiger partial charge in [-0.1, -0.05) is 26.8 Å². The standard InChI is InChI=1S/C15H21N3O2/c1-5-11(15(19)20-4)18-12-8-6-7-10(16)13(12)17-14(18)9(2)3/h6-9,11H,5,16H2,1-4H3. The van der Waals surface area contributed by atoms with E-state index in [1.165, 1.54) is 7.11 Å². The van der Waals surface area contributed by atoms with E-state index in [2.05, 4.69) is 18.8 Å². The predicted molar refractivity (Wildman–Crippen MR) is 79.6 cm³/mol. The first-order valence-electron chi connectivity index (χ1n) is 6.85. The maximum absolute atomic E-state index is 12.0. The smallest absolute Gasteiger partial charge is 0.328 e. The van der Waals surface area contributed by atoms with Crippen LogP contribution in [0, 0.1) is 0 Å². The second-order valence-electron chi connectivity index (χ2n) is 5.16. The van der Waals surface area contributed by atoms with Crippen molar-refractivity contribution in [2.24, 2.45) is 0 Å². The molecule has 0 bridgehead atoms. The van der Waals surface area contributed by atoms with E-state index < -0.39 is 0 Å². The predicted octanol–water partition coefficient (Wildman–Crippen LogP) is 2.87. The third kappa shape index (κ3) is 2.24. The average Bonchev–Trinajstić information content (AvgIpc) is 2.81. The molecule has 0 aliphatic rings. The van der Waals surface area contributed by atoms with Crippen molar-refractivity contribution >= 4 is 22.7 Å². The lowest BCUT2D eigenvalue weighted by molar-refractivity contribution is -0.144. The number of carbonyl (C=O) groups is 1. The Kier molecular flexibility index (Phi) is 3.97. The highest BCUT2D eigenvalue weighted by molar-refractivity contribution is 5.89. The number of nitrogen functional groups attached to an aromatic ring is 1. The second-order valence-corrected chi connectivity index (χ2v) is 5.16. The van der Waals surface area contributed by atoms with Crippen molar-refractivity contribution in [1.82, 2.24) is 9.55 Å². The van der Waals surface area contributed by atoms with Gasteiger partial charge >= 0.3 is 5.97 Å². The fraction of sp³-hybridized carbons (Fsp3) is 0.467. The number of fused-ring (bicyclic) bond motifs is 1. The van der Waals surface area contributed by atoms with Gasteiger partial charge in [-0.25, -0.2) is 9.78 Å². The summed E-state index contributed by atoms with van der Waals surface area (Å²) in [5, 5.41) is 0. The van der Waals surface area contributed by atoms with Crippen molar-refractivity contribution in [3.05, 3.63) is 24.0 Å². The van der Waals surface area contributed by atoms with Crippen LogP contribution in [-0.2, 0) is 9.53 Å². The first kappa shape index (κ1) is 14.4. The Morgan fingerprint density at radius 1 is 1.45 bits per heavy atom. The molecule has 5 heteroatoms. The normalized spacial score (nSPS) is 12.8. The maximum atomic E-state index is 12.0. The molecule has 0 amide bonds. The minimum atomic E-state index is -0.371. The number of anilines is 1. The van der Waals surface area contributed by atoms with Gasteiger partial charge in [0.05, 0.1) is 18.3 Å². The monoisotopic (exact) mass is 275 g/mol. The number of aromatic nitrogens is 2. The van der Waals surface area contributed by atoms with E-state index in [0.29, 0.717) is 12.1 Å². The summed E-state index contributed by atoms with van der Waals surface area (Å²) in [5.74, 6) is 0.798. The summed E-state index contributed by atoms with van der Waals surface area (Å²) in [4.78, 5) is 16.7. The molecule has 0 spiro atoms. The van der Waals surface area contributed by atoms with Crippen molar-refractivity contribution in [3.63, 3.8) is 0 Å². The highest BCUT2D eigenvalue weighted by atomic mass is 16.5. The minimum Gasteiger partial charge on any atom is -0.467 e. The number of imidazole rings is 1. The van der Waals surface area contributed by atoms with Crippen LogP contribution in [0.25, 0.3) is 11.0 Å². The number of ether oxygens (including phenoxy) is 1. The van der Waals surface area contributed by atoms with Crippen LogP contribution < -0.4 is 5.73 Å². The molecule has 108 valence electrons. The van der Waals surface area contributed by atoms with Crippen molar-refractivity contribution in [2.75, 3.05) is 12.8 Å². The molecule has 1 aromatic heterocycles. The van der Waals surface area contributed by atoms with Gasteiger partial charge in [0.2, 0.25) is 0 Å². The molecule has 1 unspecified atom stereocenters. The minimum absolute atomic E-state index is 0.195. The highest BCUT2D eigenvalue weighted by Gasteiger charge is 2.26. The average molecular weight is 275 g/mol. The van der Waals surface area contributed by atoms with Crippen LogP contribution in [0.3, 0.4) is 0 Å². The number of nitrogens with two attached hydrogens (primary N) is 1. The summed E-state index contributed by atoms with van der Waals surface area (Å²) < 4.78 is 6.88. The Morgan fingerprint density at radius 3 is 2.70 bits per heavy atom. The Labute approximate surface area is 118 Å². The first-order valence-corrected chi connectivity index (χ1v) is 6.85. The zero-order valence-corrected chi connectivity index (χ0v) is 12.4. The topological polar surface area (TPSA) is 70.1 Å². The number of carbonyl (C=O) groups excluding carboxylic acids is 1. The number of nitrogens with zero attached hydrogens (tertiary/aromatic N) is 2. The lowest BCUT2D eigenvalue weighted by atomic mass is 10.1. The maximum Gasteiger partial charge on any atom is 0.328 e. The molecule has 1 aromatic carbocycles. The summed E-state index contributed by atoms with van der Waals surface area (Å²) in [7, 11) is 1.41. The van der Waals surface area contributed by atoms with Crippen LogP contribution >= 0.6 is 0 Å². The van der Waals surface area contributed by atoms with Crippen molar-refractivity contribution in [1.29, 1.82) is 0 Å². The molecule has 0 saturated heterocycles. The van der Waals surface area contributed by atoms with E-state index in [1.54, 1.807) is 0 Å². The van der Waals surface area contributed by atoms with Gasteiger partial charge in [-0.3, -0.25) is 0 Å². The molecule has 2 N–H and O–H groups in total. The van der Waals surface area contributed by atoms with Crippen molar-refractivity contribution < 1.29 is 9.53 Å². The summed E-state index contributed by atoms with van der Waals surface area (Å²) in [5.41, 5.74) is 8.25. The van der Waals surface area contributed by atoms with E-state index in [-0.39, 0.29) is 17.9 Å². The van der Waals surface area contributed by atoms with Gasteiger partial charge in [0.15, 0.2) is 0 Å². The molecule has 1 atom stereocenters. The van der Waals surface area contributed by atoms with Gasteiger partial charge in [-0.15, -0.1) is 0 Å². The second kappa shape index (κ2) is 5.53. The van der Waals surface area contributed by atoms with Crippen molar-refractivity contribution in [2.45, 2.75) is 39.2 Å². The first-order chi connectivity index (χ1) is 9.51. The van der Waals surface area contributed by atoms with Gasteiger partial charge < -0.3 is 15.0 Å². The lowest BCUT2D eigenvalue weighted by Gasteiger charge is -2.19. The molecule has 0 aliphatic carbocycles. The molecule has 1 heterocycles. The zero-order chi connectivity index (χ0) is 14.9. The summed E-state index contributed by atoms with van der Waals surface area (Å²) in [6, 6.07) is 5.27. The quantitative estimate of drug-likeness (QED) is 0.688. The van der Waals surface area contributed by atoms with Gasteiger partial charge in [-0.05, 0) is 18.6 Å². The van der Waals surface area contributed by atoms with E-state index in [0.717, 1.165) is 16.9 Å². The van der Waals surface area contributed by atoms with Gasteiger partial charge in [0, 0.05) is 5.92 Å². The molecule has 5 nitrogen and oxygen atoms in total. The summed E-state index contributed by atoms with van der Waals surface area (Å²) >= 11 is 0. The molecule has 0 saturated carbocycles. The Balaban J connectivity index is 2.74. The van der Waals surface area contributed by atoms with Crippen LogP contribution in [0.5, 0.6) is 0 Å². The van der Waals surface area contributed by atoms with E-state index in [9.17, 15) is 4.79 Å². The molecule has 20 heavy (non-hydrogen) atoms. The Hall–Kier alpha value is -2.04. The van der Waals surface area contributed by atoms with E-state index in [1.807, 2.05) is 29.7 Å². The van der Waals surface area contributed by atoms with Crippen LogP contribution in [0.15, 0.2) is 18.2 Å². The molecule has 0 aliphatic heterocycles. The van der Waals surface area contributed by atoms with Crippen LogP contribution in [0.4, 0.5) is 5.69 Å². The molecule has 0 radical (unpaired) electrons. The third-order valence-electron chi connectivity index (χ3n) is 3.47. The summed E-state index contributed by atoms with van der Waals surface area (Å²) in [6.07, 6.45) is 0.645. The SMILES string of the molecule is CCC(C(=O)OC)n1c(C(C)C)nc2c(N)cccc21. The number of para-hydroxylation sites is 1. The third-order valence-corrected chi connectivity index (χ3v) is 3.47. The van der Waals surface area contributed by atoms with Crippen molar-refractivity contribution in [3.8, 4) is 0 Å². The number of esters is 1. The fourth-order valence-electron chi connectivity index (χ4n) is 2.48. The van der Waals surface area contributed by atoms with Gasteiger partial charge in [0.1, 0.15) is 17.4 Å². The van der Waals surface area contributed by atoms with Crippen LogP contribution in [-0.4, -0.2) is 22.6 Å². The van der Waals surface area contributed by atoms with E-state index >= 15 is 0 Å². The van der Waals surface area contributed by atoms with Crippen LogP contribution in [0.2, 0.25) is 0 Å². The van der Waals surface area contributed by atoms with Crippen LogP contribution in [0.1, 0.15) is 45.0 Å². The molecule has 2 aromatic rings.